The first-order chi connectivity index (χ1) is 39.4. The Hall–Kier alpha value is -9.80. The van der Waals surface area contributed by atoms with Crippen molar-refractivity contribution in [2.45, 2.75) is 29.4 Å². The number of hydrogen-bond acceptors (Lipinski definition) is 28. The van der Waals surface area contributed by atoms with E-state index in [9.17, 15) is 108 Å². The number of nitro groups is 1. The second kappa shape index (κ2) is 22.1. The molecule has 0 amide bonds. The van der Waals surface area contributed by atoms with E-state index in [0.29, 0.717) is 35.0 Å². The van der Waals surface area contributed by atoms with Gasteiger partial charge < -0.3 is 20.7 Å². The predicted octanol–water partition coefficient (Wildman–Crippen LogP) is 7.05. The Morgan fingerprint density at radius 1 is 0.518 bits per heavy atom. The summed E-state index contributed by atoms with van der Waals surface area (Å²) in [6.45, 7) is -0.158. The minimum Gasteiger partial charge on any atom is -0.505 e. The van der Waals surface area contributed by atoms with Crippen molar-refractivity contribution in [3.63, 3.8) is 0 Å². The quantitative estimate of drug-likeness (QED) is 0.0103. The molecule has 7 aromatic carbocycles. The standard InChI is InChI=1S/C42H28N12O25S6/c43-35-29(16-30(81(64,65)66)23-8-11-27(39(57)34(23)35)47-45-26-10-4-20(54(59)60)14-32(26)83(70,71)72)49-48-28-12-7-22-24(40(28)85(76,77)78)15-33(84(73,74)75)36(38(22)56)50-44-18-1-9-25(31(13-18)82(67,68)69)46-51-37-41(79-17-55)52-53(42(37)58)19-2-5-21(6-3-19)80(61,62)63/h1-17,52,56-57H,43H2,(H,61,62,63)(H,64,65,66)(H,67,68,69)(H,70,71,72)(H,73,74,75)(H,76,77,78). The van der Waals surface area contributed by atoms with E-state index in [1.165, 1.54) is 0 Å². The number of nitrogens with one attached hydrogen (secondary N) is 1. The van der Waals surface area contributed by atoms with E-state index in [0.717, 1.165) is 66.7 Å². The molecule has 442 valence electrons. The summed E-state index contributed by atoms with van der Waals surface area (Å²) in [7, 11) is -31.9. The topological polar surface area (TPSA) is 599 Å². The molecule has 0 spiro atoms. The number of non-ortho nitro benzene ring substituents is 1. The number of phenols is 2. The van der Waals surface area contributed by atoms with Gasteiger partial charge in [-0.25, -0.2) is 4.68 Å². The molecule has 0 saturated heterocycles. The molecule has 37 nitrogen and oxygen atoms in total. The number of ether oxygens (including phenoxy) is 1. The molecule has 8 aromatic rings. The summed E-state index contributed by atoms with van der Waals surface area (Å²) in [4.78, 5) is 28.0. The average Bonchev–Trinajstić information content (AvgIpc) is 1.51. The maximum atomic E-state index is 13.3. The van der Waals surface area contributed by atoms with Crippen LogP contribution in [0.2, 0.25) is 0 Å². The van der Waals surface area contributed by atoms with Crippen molar-refractivity contribution in [3.05, 3.63) is 118 Å². The highest BCUT2D eigenvalue weighted by atomic mass is 32.2. The van der Waals surface area contributed by atoms with Crippen LogP contribution in [0.25, 0.3) is 27.2 Å². The zero-order valence-electron chi connectivity index (χ0n) is 40.8. The van der Waals surface area contributed by atoms with Gasteiger partial charge in [0.25, 0.3) is 72.9 Å². The molecule has 0 radical (unpaired) electrons. The normalized spacial score (nSPS) is 13.1. The van der Waals surface area contributed by atoms with Crippen molar-refractivity contribution in [1.82, 2.24) is 9.78 Å². The van der Waals surface area contributed by atoms with Gasteiger partial charge in [-0.2, -0.15) is 55.6 Å². The molecular weight excluding hydrogens is 1260 g/mol. The molecule has 1 aromatic heterocycles. The number of nitro benzene ring substituents is 1. The number of phenolic OH excluding ortho intramolecular Hbond substituents is 2. The lowest BCUT2D eigenvalue weighted by Crippen LogP contribution is -2.14. The number of carbonyl (C=O) groups excluding carboxylic acids is 1. The molecule has 8 rings (SSSR count). The Kier molecular flexibility index (Phi) is 15.9. The Labute approximate surface area is 472 Å². The molecule has 11 N–H and O–H groups in total. The van der Waals surface area contributed by atoms with Gasteiger partial charge in [0.05, 0.1) is 32.3 Å². The fourth-order valence-corrected chi connectivity index (χ4v) is 11.6. The summed E-state index contributed by atoms with van der Waals surface area (Å²) < 4.78 is 215. The molecule has 0 bridgehead atoms. The Bertz CT molecular complexity index is 5150. The number of nitrogens with zero attached hydrogens (tertiary/aromatic N) is 10. The van der Waals surface area contributed by atoms with Crippen LogP contribution in [0.4, 0.5) is 56.9 Å². The summed E-state index contributed by atoms with van der Waals surface area (Å²) in [5.74, 6) is -3.10. The molecule has 0 saturated carbocycles. The van der Waals surface area contributed by atoms with Crippen LogP contribution in [0, 0.1) is 10.1 Å². The lowest BCUT2D eigenvalue weighted by Gasteiger charge is -2.13. The Morgan fingerprint density at radius 2 is 1.04 bits per heavy atom. The van der Waals surface area contributed by atoms with Gasteiger partial charge in [0.15, 0.2) is 11.5 Å². The number of azo groups is 4. The Balaban J connectivity index is 1.19. The summed E-state index contributed by atoms with van der Waals surface area (Å²) in [6.07, 6.45) is 0. The largest absolute Gasteiger partial charge is 0.505 e. The van der Waals surface area contributed by atoms with Gasteiger partial charge in [0.1, 0.15) is 58.6 Å². The number of fused-ring (bicyclic) bond motifs is 2. The summed E-state index contributed by atoms with van der Waals surface area (Å²) in [5.41, 5.74) is -3.09. The van der Waals surface area contributed by atoms with Crippen LogP contribution in [0.5, 0.6) is 17.4 Å². The first-order valence-corrected chi connectivity index (χ1v) is 30.4. The summed E-state index contributed by atoms with van der Waals surface area (Å²) >= 11 is 0. The second-order valence-electron chi connectivity index (χ2n) is 16.6. The van der Waals surface area contributed by atoms with Gasteiger partial charge >= 0.3 is 5.56 Å². The Morgan fingerprint density at radius 3 is 1.61 bits per heavy atom. The van der Waals surface area contributed by atoms with Gasteiger partial charge in [-0.3, -0.25) is 52.1 Å². The maximum Gasteiger partial charge on any atom is 0.303 e. The number of anilines is 1. The molecule has 85 heavy (non-hydrogen) atoms. The van der Waals surface area contributed by atoms with Crippen LogP contribution in [0.1, 0.15) is 0 Å². The van der Waals surface area contributed by atoms with Crippen molar-refractivity contribution in [3.8, 4) is 23.1 Å². The van der Waals surface area contributed by atoms with Gasteiger partial charge in [0, 0.05) is 28.3 Å². The highest BCUT2D eigenvalue weighted by Gasteiger charge is 2.30. The van der Waals surface area contributed by atoms with Crippen LogP contribution < -0.4 is 16.0 Å². The predicted molar refractivity (Wildman–Crippen MR) is 284 cm³/mol. The number of benzene rings is 7. The number of nitrogens with two attached hydrogens (primary N) is 1. The first kappa shape index (κ1) is 61.3. The number of H-pyrrole nitrogens is 1. The van der Waals surface area contributed by atoms with E-state index < -0.39 is 196 Å². The van der Waals surface area contributed by atoms with Crippen molar-refractivity contribution < 1.29 is 102 Å². The molecule has 0 aliphatic heterocycles. The fraction of sp³-hybridized carbons (Fsp3) is 0. The highest BCUT2D eigenvalue weighted by Crippen LogP contribution is 2.48. The molecule has 0 fully saturated rings. The number of rotatable bonds is 18. The van der Waals surface area contributed by atoms with E-state index in [2.05, 4.69) is 46.0 Å². The molecule has 43 heteroatoms. The zero-order chi connectivity index (χ0) is 62.7. The zero-order valence-corrected chi connectivity index (χ0v) is 45.7. The van der Waals surface area contributed by atoms with Crippen LogP contribution in [0.15, 0.2) is 172 Å². The van der Waals surface area contributed by atoms with E-state index in [1.54, 1.807) is 0 Å². The van der Waals surface area contributed by atoms with Gasteiger partial charge in [-0.1, -0.05) is 6.07 Å². The molecule has 0 aliphatic rings. The van der Waals surface area contributed by atoms with Crippen LogP contribution >= 0.6 is 0 Å². The molecular formula is C42H28N12O25S6. The van der Waals surface area contributed by atoms with Crippen molar-refractivity contribution in [1.29, 1.82) is 0 Å². The third-order valence-corrected chi connectivity index (χ3v) is 16.7. The van der Waals surface area contributed by atoms with Gasteiger partial charge in [-0.15, -0.1) is 35.8 Å². The van der Waals surface area contributed by atoms with Crippen LogP contribution in [-0.4, -0.2) is 109 Å². The third-order valence-electron chi connectivity index (χ3n) is 11.3. The maximum absolute atomic E-state index is 13.3. The highest BCUT2D eigenvalue weighted by molar-refractivity contribution is 7.87. The van der Waals surface area contributed by atoms with Crippen molar-refractivity contribution >= 4 is 146 Å². The number of aromatic nitrogens is 2. The number of hydrogen-bond donors (Lipinski definition) is 10. The van der Waals surface area contributed by atoms with Crippen molar-refractivity contribution in [2.24, 2.45) is 40.9 Å². The SMILES string of the molecule is Nc1c(N=Nc2ccc3c(O)c(N=Nc4ccc(N=Nc5c(OC=O)[nH]n(-c6ccc(S(=O)(=O)O)cc6)c5=O)c(S(=O)(=O)O)c4)c(S(=O)(=O)O)cc3c2S(=O)(=O)O)cc(S(=O)(=O)O)c2ccc(N=Nc3ccc([N+](=O)[O-])cc3S(=O)(=O)O)c(O)c12. The third kappa shape index (κ3) is 12.6. The monoisotopic (exact) mass is 1290 g/mol. The smallest absolute Gasteiger partial charge is 0.303 e. The van der Waals surface area contributed by atoms with E-state index in [1.807, 2.05) is 0 Å². The van der Waals surface area contributed by atoms with Crippen molar-refractivity contribution in [2.75, 3.05) is 5.73 Å². The van der Waals surface area contributed by atoms with Crippen LogP contribution in [-0.2, 0) is 65.5 Å². The number of aromatic hydroxyl groups is 2. The van der Waals surface area contributed by atoms with Gasteiger partial charge in [0.2, 0.25) is 11.6 Å². The summed E-state index contributed by atoms with van der Waals surface area (Å²) in [5, 5.41) is 62.5. The first-order valence-electron chi connectivity index (χ1n) is 21.8. The number of nitrogen functional groups attached to an aromatic ring is 1. The molecule has 0 unspecified atom stereocenters. The minimum absolute atomic E-state index is 0.117. The second-order valence-corrected chi connectivity index (χ2v) is 24.9. The van der Waals surface area contributed by atoms with Crippen LogP contribution in [0.3, 0.4) is 0 Å². The minimum atomic E-state index is -5.70. The average molecular weight is 1290 g/mol. The number of aromatic amines is 1. The van der Waals surface area contributed by atoms with Gasteiger partial charge in [-0.05, 0) is 78.9 Å². The van der Waals surface area contributed by atoms with E-state index in [4.69, 9.17) is 10.5 Å². The lowest BCUT2D eigenvalue weighted by atomic mass is 10.1. The number of carbonyl (C=O) groups is 1. The molecule has 0 atom stereocenters. The fourth-order valence-electron chi connectivity index (χ4n) is 7.63. The summed E-state index contributed by atoms with van der Waals surface area (Å²) in [6, 6.07) is 12.2. The lowest BCUT2D eigenvalue weighted by molar-refractivity contribution is -0.385. The van der Waals surface area contributed by atoms with E-state index >= 15 is 0 Å². The van der Waals surface area contributed by atoms with E-state index in [-0.39, 0.29) is 12.2 Å². The molecule has 0 aliphatic carbocycles. The molecule has 1 heterocycles.